The molecule has 1 fully saturated rings. The van der Waals surface area contributed by atoms with Crippen LogP contribution in [-0.4, -0.2) is 50.6 Å². The molecule has 33 heavy (non-hydrogen) atoms. The van der Waals surface area contributed by atoms with Gasteiger partial charge in [-0.3, -0.25) is 9.89 Å². The van der Waals surface area contributed by atoms with E-state index in [0.717, 1.165) is 81.2 Å². The predicted octanol–water partition coefficient (Wildman–Crippen LogP) is 4.18. The van der Waals surface area contributed by atoms with E-state index in [1.54, 1.807) is 6.20 Å². The summed E-state index contributed by atoms with van der Waals surface area (Å²) in [5, 5.41) is 6.94. The zero-order chi connectivity index (χ0) is 22.8. The lowest BCUT2D eigenvalue weighted by molar-refractivity contribution is 0.0599. The molecule has 0 aliphatic carbocycles. The van der Waals surface area contributed by atoms with E-state index in [1.807, 2.05) is 11.8 Å². The van der Waals surface area contributed by atoms with E-state index in [4.69, 9.17) is 9.97 Å². The molecule has 3 aromatic rings. The molecule has 1 atom stereocenters. The van der Waals surface area contributed by atoms with Crippen molar-refractivity contribution in [3.05, 3.63) is 70.4 Å². The number of nitrogens with one attached hydrogen (secondary N) is 1. The third-order valence-corrected chi connectivity index (χ3v) is 7.00. The fourth-order valence-electron chi connectivity index (χ4n) is 5.15. The van der Waals surface area contributed by atoms with Crippen LogP contribution in [0, 0.1) is 13.8 Å². The number of H-pyrrole nitrogens is 1. The van der Waals surface area contributed by atoms with Gasteiger partial charge in [0.15, 0.2) is 5.82 Å². The summed E-state index contributed by atoms with van der Waals surface area (Å²) in [4.78, 5) is 27.8. The molecule has 2 aliphatic rings. The monoisotopic (exact) mass is 444 g/mol. The fourth-order valence-corrected chi connectivity index (χ4v) is 5.15. The van der Waals surface area contributed by atoms with Crippen molar-refractivity contribution in [3.8, 4) is 0 Å². The first-order valence-corrected chi connectivity index (χ1v) is 12.1. The number of aromatic nitrogens is 4. The Morgan fingerprint density at radius 1 is 1.09 bits per heavy atom. The van der Waals surface area contributed by atoms with Crippen LogP contribution in [0.2, 0.25) is 0 Å². The summed E-state index contributed by atoms with van der Waals surface area (Å²) in [5.41, 5.74) is 5.10. The second kappa shape index (κ2) is 9.33. The van der Waals surface area contributed by atoms with Gasteiger partial charge in [0.2, 0.25) is 0 Å². The Morgan fingerprint density at radius 3 is 2.73 bits per heavy atom. The summed E-state index contributed by atoms with van der Waals surface area (Å²) >= 11 is 0. The van der Waals surface area contributed by atoms with Crippen LogP contribution in [0.1, 0.15) is 70.4 Å². The van der Waals surface area contributed by atoms with Gasteiger partial charge in [-0.25, -0.2) is 9.97 Å². The minimum Gasteiger partial charge on any atom is -0.356 e. The maximum Gasteiger partial charge on any atom is 0.257 e. The number of anilines is 1. The third kappa shape index (κ3) is 4.36. The van der Waals surface area contributed by atoms with Crippen molar-refractivity contribution >= 4 is 11.7 Å². The van der Waals surface area contributed by atoms with Gasteiger partial charge in [0.05, 0.1) is 17.8 Å². The molecule has 0 spiro atoms. The average molecular weight is 445 g/mol. The van der Waals surface area contributed by atoms with Crippen LogP contribution in [0.25, 0.3) is 0 Å². The highest BCUT2D eigenvalue weighted by molar-refractivity contribution is 5.95. The van der Waals surface area contributed by atoms with E-state index in [1.165, 1.54) is 11.1 Å². The second-order valence-electron chi connectivity index (χ2n) is 9.21. The van der Waals surface area contributed by atoms with E-state index in [9.17, 15) is 4.79 Å². The minimum absolute atomic E-state index is 0.0193. The molecule has 1 N–H and O–H groups in total. The lowest BCUT2D eigenvalue weighted by atomic mass is 9.98. The van der Waals surface area contributed by atoms with Gasteiger partial charge in [-0.05, 0) is 57.9 Å². The fraction of sp³-hybridized carbons (Fsp3) is 0.462. The summed E-state index contributed by atoms with van der Waals surface area (Å²) < 4.78 is 0. The number of likely N-dealkylation sites (tertiary alicyclic amines) is 1. The number of aromatic amines is 1. The number of fused-ring (bicyclic) bond motifs is 1. The van der Waals surface area contributed by atoms with Gasteiger partial charge in [-0.15, -0.1) is 0 Å². The molecular weight excluding hydrogens is 412 g/mol. The maximum absolute atomic E-state index is 13.4. The molecule has 4 heterocycles. The first-order valence-electron chi connectivity index (χ1n) is 12.1. The number of benzene rings is 1. The van der Waals surface area contributed by atoms with Crippen molar-refractivity contribution in [3.63, 3.8) is 0 Å². The average Bonchev–Trinajstić information content (AvgIpc) is 3.28. The summed E-state index contributed by atoms with van der Waals surface area (Å²) in [5.74, 6) is 1.87. The van der Waals surface area contributed by atoms with Crippen molar-refractivity contribution < 1.29 is 4.79 Å². The standard InChI is InChI=1S/C26H32N6O/c1-18-21-11-8-14-31(16-13-20-9-4-3-5-10-20)25(21)29-24(28-18)23-12-6-7-15-32(23)26(33)22-17-27-30-19(22)2/h3-5,9-10,17,23H,6-8,11-16H2,1-2H3,(H,27,30). The Kier molecular flexibility index (Phi) is 6.11. The van der Waals surface area contributed by atoms with Gasteiger partial charge in [0.1, 0.15) is 5.82 Å². The first kappa shape index (κ1) is 21.6. The molecule has 7 heteroatoms. The number of amides is 1. The molecule has 2 aromatic heterocycles. The summed E-state index contributed by atoms with van der Waals surface area (Å²) in [6.45, 7) is 6.67. The summed E-state index contributed by atoms with van der Waals surface area (Å²) in [6.07, 6.45) is 7.75. The van der Waals surface area contributed by atoms with Gasteiger partial charge in [-0.1, -0.05) is 30.3 Å². The van der Waals surface area contributed by atoms with Crippen LogP contribution in [0.4, 0.5) is 5.82 Å². The molecule has 5 rings (SSSR count). The van der Waals surface area contributed by atoms with Crippen molar-refractivity contribution in [2.45, 2.75) is 58.4 Å². The minimum atomic E-state index is -0.0950. The van der Waals surface area contributed by atoms with Crippen molar-refractivity contribution in [2.24, 2.45) is 0 Å². The smallest absolute Gasteiger partial charge is 0.257 e. The van der Waals surface area contributed by atoms with Crippen molar-refractivity contribution in [1.29, 1.82) is 0 Å². The van der Waals surface area contributed by atoms with Crippen LogP contribution in [-0.2, 0) is 12.8 Å². The predicted molar refractivity (Wildman–Crippen MR) is 128 cm³/mol. The maximum atomic E-state index is 13.4. The Bertz CT molecular complexity index is 1130. The zero-order valence-electron chi connectivity index (χ0n) is 19.5. The van der Waals surface area contributed by atoms with Crippen molar-refractivity contribution in [2.75, 3.05) is 24.5 Å². The molecule has 172 valence electrons. The third-order valence-electron chi connectivity index (χ3n) is 7.00. The van der Waals surface area contributed by atoms with Gasteiger partial charge in [0, 0.05) is 36.6 Å². The highest BCUT2D eigenvalue weighted by atomic mass is 16.2. The number of piperidine rings is 1. The van der Waals surface area contributed by atoms with Gasteiger partial charge in [-0.2, -0.15) is 5.10 Å². The molecule has 2 aliphatic heterocycles. The molecule has 0 bridgehead atoms. The largest absolute Gasteiger partial charge is 0.356 e. The Morgan fingerprint density at radius 2 is 1.94 bits per heavy atom. The summed E-state index contributed by atoms with van der Waals surface area (Å²) in [6, 6.07) is 10.5. The number of hydrogen-bond donors (Lipinski definition) is 1. The highest BCUT2D eigenvalue weighted by Crippen LogP contribution is 2.34. The van der Waals surface area contributed by atoms with E-state index in [2.05, 4.69) is 52.4 Å². The number of nitrogens with zero attached hydrogens (tertiary/aromatic N) is 5. The van der Waals surface area contributed by atoms with Gasteiger partial charge >= 0.3 is 0 Å². The lowest BCUT2D eigenvalue weighted by Gasteiger charge is -2.36. The zero-order valence-corrected chi connectivity index (χ0v) is 19.5. The first-order chi connectivity index (χ1) is 16.1. The second-order valence-corrected chi connectivity index (χ2v) is 9.21. The van der Waals surface area contributed by atoms with Crippen LogP contribution < -0.4 is 4.90 Å². The quantitative estimate of drug-likeness (QED) is 0.639. The highest BCUT2D eigenvalue weighted by Gasteiger charge is 2.33. The molecule has 7 nitrogen and oxygen atoms in total. The van der Waals surface area contributed by atoms with Crippen LogP contribution in [0.15, 0.2) is 36.5 Å². The molecular formula is C26H32N6O. The molecule has 1 amide bonds. The number of aryl methyl sites for hydroxylation is 2. The molecule has 0 saturated carbocycles. The molecule has 1 saturated heterocycles. The number of carbonyl (C=O) groups excluding carboxylic acids is 1. The number of hydrogen-bond acceptors (Lipinski definition) is 5. The van der Waals surface area contributed by atoms with E-state index >= 15 is 0 Å². The Labute approximate surface area is 195 Å². The van der Waals surface area contributed by atoms with E-state index < -0.39 is 0 Å². The SMILES string of the molecule is Cc1nc(C2CCCCN2C(=O)c2cn[nH]c2C)nc2c1CCCN2CCc1ccccc1. The normalized spacial score (nSPS) is 18.3. The number of rotatable bonds is 5. The van der Waals surface area contributed by atoms with Crippen LogP contribution >= 0.6 is 0 Å². The molecule has 1 aromatic carbocycles. The number of carbonyl (C=O) groups is 1. The van der Waals surface area contributed by atoms with Gasteiger partial charge in [0.25, 0.3) is 5.91 Å². The van der Waals surface area contributed by atoms with Crippen molar-refractivity contribution in [1.82, 2.24) is 25.1 Å². The summed E-state index contributed by atoms with van der Waals surface area (Å²) in [7, 11) is 0. The Balaban J connectivity index is 1.44. The molecule has 1 unspecified atom stereocenters. The Hall–Kier alpha value is -3.22. The van der Waals surface area contributed by atoms with Crippen LogP contribution in [0.3, 0.4) is 0 Å². The topological polar surface area (TPSA) is 78.0 Å². The van der Waals surface area contributed by atoms with Crippen LogP contribution in [0.5, 0.6) is 0 Å². The molecule has 0 radical (unpaired) electrons. The van der Waals surface area contributed by atoms with E-state index in [-0.39, 0.29) is 11.9 Å². The van der Waals surface area contributed by atoms with E-state index in [0.29, 0.717) is 5.56 Å². The van der Waals surface area contributed by atoms with Gasteiger partial charge < -0.3 is 9.80 Å². The lowest BCUT2D eigenvalue weighted by Crippen LogP contribution is -2.40.